The van der Waals surface area contributed by atoms with Crippen molar-refractivity contribution < 1.29 is 14.3 Å². The smallest absolute Gasteiger partial charge is 0.315 e. The van der Waals surface area contributed by atoms with Crippen molar-refractivity contribution in [3.8, 4) is 5.75 Å². The van der Waals surface area contributed by atoms with Gasteiger partial charge in [0, 0.05) is 30.7 Å². The van der Waals surface area contributed by atoms with Gasteiger partial charge in [-0.2, -0.15) is 0 Å². The van der Waals surface area contributed by atoms with Crippen LogP contribution in [0.2, 0.25) is 0 Å². The number of anilines is 1. The van der Waals surface area contributed by atoms with Gasteiger partial charge in [0.15, 0.2) is 0 Å². The fourth-order valence-electron chi connectivity index (χ4n) is 4.63. The first-order valence-electron chi connectivity index (χ1n) is 11.2. The predicted octanol–water partition coefficient (Wildman–Crippen LogP) is 4.03. The Morgan fingerprint density at radius 1 is 1.03 bits per heavy atom. The van der Waals surface area contributed by atoms with Crippen molar-refractivity contribution in [3.05, 3.63) is 59.7 Å². The number of nitrogens with zero attached hydrogens (tertiary/aromatic N) is 1. The third-order valence-electron chi connectivity index (χ3n) is 6.40. The average molecular weight is 422 g/mol. The molecule has 6 heteroatoms. The van der Waals surface area contributed by atoms with Gasteiger partial charge in [-0.1, -0.05) is 30.3 Å². The first-order valence-corrected chi connectivity index (χ1v) is 11.2. The Hall–Kier alpha value is -3.02. The molecule has 0 bridgehead atoms. The van der Waals surface area contributed by atoms with Crippen LogP contribution in [0.4, 0.5) is 10.5 Å². The molecule has 1 aliphatic heterocycles. The summed E-state index contributed by atoms with van der Waals surface area (Å²) < 4.78 is 5.15. The number of carbonyl (C=O) groups is 2. The van der Waals surface area contributed by atoms with E-state index in [1.54, 1.807) is 7.11 Å². The van der Waals surface area contributed by atoms with Gasteiger partial charge in [0.1, 0.15) is 5.75 Å². The second-order valence-electron chi connectivity index (χ2n) is 8.45. The van der Waals surface area contributed by atoms with Crippen LogP contribution in [0.1, 0.15) is 43.2 Å². The molecule has 2 aromatic carbocycles. The van der Waals surface area contributed by atoms with Crippen LogP contribution in [-0.4, -0.2) is 31.6 Å². The summed E-state index contributed by atoms with van der Waals surface area (Å²) in [6.07, 6.45) is 5.38. The summed E-state index contributed by atoms with van der Waals surface area (Å²) in [5.41, 5.74) is 3.37. The summed E-state index contributed by atoms with van der Waals surface area (Å²) in [7, 11) is 1.63. The van der Waals surface area contributed by atoms with E-state index in [-0.39, 0.29) is 23.9 Å². The van der Waals surface area contributed by atoms with E-state index in [0.29, 0.717) is 6.54 Å². The number of hydrogen-bond acceptors (Lipinski definition) is 3. The van der Waals surface area contributed by atoms with Crippen LogP contribution >= 0.6 is 0 Å². The predicted molar refractivity (Wildman–Crippen MR) is 121 cm³/mol. The van der Waals surface area contributed by atoms with Crippen LogP contribution < -0.4 is 20.3 Å². The van der Waals surface area contributed by atoms with Crippen LogP contribution in [0, 0.1) is 5.92 Å². The number of para-hydroxylation sites is 1. The van der Waals surface area contributed by atoms with Crippen LogP contribution in [0.3, 0.4) is 0 Å². The number of aryl methyl sites for hydroxylation is 1. The fraction of sp³-hybridized carbons (Fsp3) is 0.440. The monoisotopic (exact) mass is 421 g/mol. The van der Waals surface area contributed by atoms with Crippen molar-refractivity contribution in [3.63, 3.8) is 0 Å². The maximum absolute atomic E-state index is 13.2. The molecule has 0 aromatic heterocycles. The standard InChI is InChI=1S/C25H31N3O3/c1-31-22-14-8-18(9-15-22)17-26-25(30)27-21-12-10-20(11-13-21)24(29)28-16-4-6-19-5-2-3-7-23(19)28/h2-3,5,7-9,14-15,20-21H,4,6,10-13,16-17H2,1H3,(H2,26,27,30)/t20-,21-. The number of rotatable bonds is 5. The normalized spacial score (nSPS) is 20.5. The number of methoxy groups -OCH3 is 1. The van der Waals surface area contributed by atoms with E-state index >= 15 is 0 Å². The Morgan fingerprint density at radius 3 is 2.52 bits per heavy atom. The highest BCUT2D eigenvalue weighted by Crippen LogP contribution is 2.32. The zero-order chi connectivity index (χ0) is 21.6. The number of fused-ring (bicyclic) bond motifs is 1. The Balaban J connectivity index is 1.23. The number of urea groups is 1. The molecule has 0 spiro atoms. The minimum Gasteiger partial charge on any atom is -0.497 e. The van der Waals surface area contributed by atoms with E-state index in [1.807, 2.05) is 41.3 Å². The number of benzene rings is 2. The number of hydrogen-bond donors (Lipinski definition) is 2. The van der Waals surface area contributed by atoms with E-state index in [9.17, 15) is 9.59 Å². The van der Waals surface area contributed by atoms with Crippen molar-refractivity contribution in [1.82, 2.24) is 10.6 Å². The molecule has 1 fully saturated rings. The molecule has 1 aliphatic carbocycles. The summed E-state index contributed by atoms with van der Waals surface area (Å²) in [6.45, 7) is 1.28. The van der Waals surface area contributed by atoms with Gasteiger partial charge in [0.2, 0.25) is 5.91 Å². The molecule has 1 saturated carbocycles. The fourth-order valence-corrected chi connectivity index (χ4v) is 4.63. The summed E-state index contributed by atoms with van der Waals surface area (Å²) >= 11 is 0. The Morgan fingerprint density at radius 2 is 1.77 bits per heavy atom. The number of nitrogens with one attached hydrogen (secondary N) is 2. The van der Waals surface area contributed by atoms with Crippen LogP contribution in [0.15, 0.2) is 48.5 Å². The lowest BCUT2D eigenvalue weighted by molar-refractivity contribution is -0.123. The molecule has 0 radical (unpaired) electrons. The molecule has 2 aliphatic rings. The molecule has 6 nitrogen and oxygen atoms in total. The van der Waals surface area contributed by atoms with Crippen molar-refractivity contribution in [2.45, 2.75) is 51.1 Å². The van der Waals surface area contributed by atoms with Gasteiger partial charge in [0.05, 0.1) is 7.11 Å². The molecule has 4 rings (SSSR count). The largest absolute Gasteiger partial charge is 0.497 e. The van der Waals surface area contributed by atoms with E-state index in [4.69, 9.17) is 4.74 Å². The summed E-state index contributed by atoms with van der Waals surface area (Å²) in [5.74, 6) is 1.09. The second kappa shape index (κ2) is 9.86. The lowest BCUT2D eigenvalue weighted by Gasteiger charge is -2.35. The van der Waals surface area contributed by atoms with Crippen molar-refractivity contribution in [2.75, 3.05) is 18.6 Å². The highest BCUT2D eigenvalue weighted by molar-refractivity contribution is 5.96. The van der Waals surface area contributed by atoms with Gasteiger partial charge in [-0.25, -0.2) is 4.79 Å². The minimum atomic E-state index is -0.157. The maximum Gasteiger partial charge on any atom is 0.315 e. The Kier molecular flexibility index (Phi) is 6.75. The molecule has 2 N–H and O–H groups in total. The third kappa shape index (κ3) is 5.19. The first kappa shape index (κ1) is 21.2. The van der Waals surface area contributed by atoms with Gasteiger partial charge >= 0.3 is 6.03 Å². The van der Waals surface area contributed by atoms with Gasteiger partial charge in [0.25, 0.3) is 0 Å². The van der Waals surface area contributed by atoms with Crippen LogP contribution in [0.5, 0.6) is 5.75 Å². The molecule has 0 atom stereocenters. The molecule has 31 heavy (non-hydrogen) atoms. The first-order chi connectivity index (χ1) is 15.1. The number of ether oxygens (including phenoxy) is 1. The molecular weight excluding hydrogens is 390 g/mol. The van der Waals surface area contributed by atoms with E-state index < -0.39 is 0 Å². The lowest BCUT2D eigenvalue weighted by Crippen LogP contribution is -2.46. The number of carbonyl (C=O) groups excluding carboxylic acids is 2. The summed E-state index contributed by atoms with van der Waals surface area (Å²) in [6, 6.07) is 15.8. The third-order valence-corrected chi connectivity index (χ3v) is 6.40. The molecular formula is C25H31N3O3. The number of amides is 3. The molecule has 1 heterocycles. The van der Waals surface area contributed by atoms with Crippen LogP contribution in [0.25, 0.3) is 0 Å². The van der Waals surface area contributed by atoms with Gasteiger partial charge in [-0.15, -0.1) is 0 Å². The maximum atomic E-state index is 13.2. The second-order valence-corrected chi connectivity index (χ2v) is 8.45. The molecule has 2 aromatic rings. The van der Waals surface area contributed by atoms with Crippen LogP contribution in [-0.2, 0) is 17.8 Å². The Labute approximate surface area is 184 Å². The SMILES string of the molecule is COc1ccc(CNC(=O)N[C@H]2CC[C@H](C(=O)N3CCCc4ccccc43)CC2)cc1. The topological polar surface area (TPSA) is 70.7 Å². The zero-order valence-electron chi connectivity index (χ0n) is 18.1. The molecule has 0 saturated heterocycles. The summed E-state index contributed by atoms with van der Waals surface area (Å²) in [5, 5.41) is 5.98. The quantitative estimate of drug-likeness (QED) is 0.766. The van der Waals surface area contributed by atoms with E-state index in [1.165, 1.54) is 5.56 Å². The molecule has 3 amide bonds. The van der Waals surface area contributed by atoms with Gasteiger partial charge in [-0.3, -0.25) is 4.79 Å². The van der Waals surface area contributed by atoms with E-state index in [0.717, 1.165) is 62.1 Å². The van der Waals surface area contributed by atoms with Gasteiger partial charge in [-0.05, 0) is 67.9 Å². The molecule has 0 unspecified atom stereocenters. The zero-order valence-corrected chi connectivity index (χ0v) is 18.1. The summed E-state index contributed by atoms with van der Waals surface area (Å²) in [4.78, 5) is 27.4. The van der Waals surface area contributed by atoms with Crippen molar-refractivity contribution in [1.29, 1.82) is 0 Å². The molecule has 164 valence electrons. The highest BCUT2D eigenvalue weighted by Gasteiger charge is 2.32. The highest BCUT2D eigenvalue weighted by atomic mass is 16.5. The Bertz CT molecular complexity index is 904. The van der Waals surface area contributed by atoms with Gasteiger partial charge < -0.3 is 20.3 Å². The van der Waals surface area contributed by atoms with Crippen molar-refractivity contribution in [2.24, 2.45) is 5.92 Å². The van der Waals surface area contributed by atoms with E-state index in [2.05, 4.69) is 22.8 Å². The lowest BCUT2D eigenvalue weighted by atomic mass is 9.84. The average Bonchev–Trinajstić information content (AvgIpc) is 2.83. The van der Waals surface area contributed by atoms with Crippen molar-refractivity contribution >= 4 is 17.6 Å². The minimum absolute atomic E-state index is 0.0477.